The standard InChI is InChI=1S/C4H5N2OS/c1-3-2-5-6-4(7)8-3/h3H,1H3,(H,6,7). The van der Waals surface area contributed by atoms with Crippen LogP contribution in [0.25, 0.3) is 0 Å². The minimum atomic E-state index is -0.101. The highest BCUT2D eigenvalue weighted by molar-refractivity contribution is 8.14. The van der Waals surface area contributed by atoms with Gasteiger partial charge in [0.25, 0.3) is 5.24 Å². The Morgan fingerprint density at radius 3 is 3.12 bits per heavy atom. The van der Waals surface area contributed by atoms with Crippen LogP contribution in [0, 0.1) is 0 Å². The molecule has 1 amide bonds. The molecule has 43 valence electrons. The molecule has 1 rings (SSSR count). The monoisotopic (exact) mass is 129 g/mol. The Hall–Kier alpha value is -0.510. The zero-order valence-electron chi connectivity index (χ0n) is 4.34. The van der Waals surface area contributed by atoms with Gasteiger partial charge in [-0.05, 0) is 6.92 Å². The third-order valence-electron chi connectivity index (χ3n) is 0.677. The SMILES string of the molecule is CC1[C]=NNC(=O)S1. The van der Waals surface area contributed by atoms with Gasteiger partial charge in [0.05, 0.1) is 11.5 Å². The van der Waals surface area contributed by atoms with E-state index in [1.807, 2.05) is 6.92 Å². The molecule has 0 saturated carbocycles. The molecule has 0 saturated heterocycles. The van der Waals surface area contributed by atoms with E-state index in [4.69, 9.17) is 0 Å². The Labute approximate surface area is 51.5 Å². The average Bonchev–Trinajstić information content (AvgIpc) is 1.64. The van der Waals surface area contributed by atoms with Gasteiger partial charge in [-0.25, -0.2) is 5.43 Å². The van der Waals surface area contributed by atoms with Gasteiger partial charge in [-0.15, -0.1) is 0 Å². The molecule has 1 radical (unpaired) electrons. The smallest absolute Gasteiger partial charge is 0.260 e. The molecule has 4 heteroatoms. The van der Waals surface area contributed by atoms with Crippen LogP contribution in [0.3, 0.4) is 0 Å². The van der Waals surface area contributed by atoms with E-state index in [-0.39, 0.29) is 10.5 Å². The van der Waals surface area contributed by atoms with Crippen molar-refractivity contribution in [1.29, 1.82) is 0 Å². The first-order valence-electron chi connectivity index (χ1n) is 2.21. The van der Waals surface area contributed by atoms with Crippen LogP contribution in [-0.2, 0) is 0 Å². The first-order valence-corrected chi connectivity index (χ1v) is 3.09. The first-order chi connectivity index (χ1) is 3.79. The van der Waals surface area contributed by atoms with Crippen molar-refractivity contribution in [1.82, 2.24) is 5.43 Å². The number of carbonyl (C=O) groups is 1. The third-order valence-corrected chi connectivity index (χ3v) is 1.44. The first kappa shape index (κ1) is 5.62. The largest absolute Gasteiger partial charge is 0.299 e. The third kappa shape index (κ3) is 1.23. The molecule has 0 aromatic rings. The van der Waals surface area contributed by atoms with Crippen LogP contribution < -0.4 is 5.43 Å². The normalized spacial score (nSPS) is 27.6. The predicted octanol–water partition coefficient (Wildman–Crippen LogP) is 0.694. The van der Waals surface area contributed by atoms with Crippen molar-refractivity contribution >= 4 is 23.2 Å². The molecule has 1 aliphatic rings. The summed E-state index contributed by atoms with van der Waals surface area (Å²) >= 11 is 1.19. The summed E-state index contributed by atoms with van der Waals surface area (Å²) in [5.41, 5.74) is 2.25. The molecule has 0 aliphatic carbocycles. The molecule has 1 heterocycles. The van der Waals surface area contributed by atoms with Crippen LogP contribution in [0.1, 0.15) is 6.92 Å². The Kier molecular flexibility index (Phi) is 1.53. The average molecular weight is 129 g/mol. The maximum atomic E-state index is 10.4. The highest BCUT2D eigenvalue weighted by Gasteiger charge is 2.10. The lowest BCUT2D eigenvalue weighted by molar-refractivity contribution is 0.261. The number of hydrogen-bond acceptors (Lipinski definition) is 3. The zero-order chi connectivity index (χ0) is 5.98. The number of nitrogens with one attached hydrogen (secondary N) is 1. The Balaban J connectivity index is 2.54. The van der Waals surface area contributed by atoms with Gasteiger partial charge in [-0.3, -0.25) is 4.79 Å². The molecule has 1 unspecified atom stereocenters. The molecular weight excluding hydrogens is 124 g/mol. The number of hydrogen-bond donors (Lipinski definition) is 1. The Bertz CT molecular complexity index is 134. The predicted molar refractivity (Wildman–Crippen MR) is 33.0 cm³/mol. The topological polar surface area (TPSA) is 41.5 Å². The number of carbonyl (C=O) groups excluding carboxylic acids is 1. The van der Waals surface area contributed by atoms with E-state index < -0.39 is 0 Å². The van der Waals surface area contributed by atoms with Crippen molar-refractivity contribution in [3.63, 3.8) is 0 Å². The lowest BCUT2D eigenvalue weighted by Crippen LogP contribution is -2.21. The maximum Gasteiger partial charge on any atom is 0.299 e. The van der Waals surface area contributed by atoms with E-state index in [1.54, 1.807) is 0 Å². The molecule has 0 spiro atoms. The van der Waals surface area contributed by atoms with E-state index in [9.17, 15) is 4.79 Å². The minimum absolute atomic E-state index is 0.101. The van der Waals surface area contributed by atoms with Crippen LogP contribution in [0.5, 0.6) is 0 Å². The number of rotatable bonds is 0. The molecule has 3 nitrogen and oxygen atoms in total. The van der Waals surface area contributed by atoms with Crippen LogP contribution in [0.15, 0.2) is 5.10 Å². The molecule has 0 aromatic carbocycles. The molecule has 1 aliphatic heterocycles. The molecule has 1 N–H and O–H groups in total. The zero-order valence-corrected chi connectivity index (χ0v) is 5.16. The van der Waals surface area contributed by atoms with Gasteiger partial charge in [0, 0.05) is 0 Å². The molecule has 8 heavy (non-hydrogen) atoms. The van der Waals surface area contributed by atoms with Gasteiger partial charge < -0.3 is 0 Å². The van der Waals surface area contributed by atoms with Crippen molar-refractivity contribution in [2.24, 2.45) is 5.10 Å². The maximum absolute atomic E-state index is 10.4. The van der Waals surface area contributed by atoms with Gasteiger partial charge in [0.15, 0.2) is 0 Å². The summed E-state index contributed by atoms with van der Waals surface area (Å²) in [5, 5.41) is 3.47. The fourth-order valence-electron chi connectivity index (χ4n) is 0.382. The number of amides is 1. The Morgan fingerprint density at radius 2 is 2.75 bits per heavy atom. The number of nitrogens with zero attached hydrogens (tertiary/aromatic N) is 1. The van der Waals surface area contributed by atoms with E-state index >= 15 is 0 Å². The quantitative estimate of drug-likeness (QED) is 0.523. The lowest BCUT2D eigenvalue weighted by Gasteiger charge is -2.06. The summed E-state index contributed by atoms with van der Waals surface area (Å²) in [7, 11) is 0. The van der Waals surface area contributed by atoms with Gasteiger partial charge in [-0.2, -0.15) is 5.10 Å². The summed E-state index contributed by atoms with van der Waals surface area (Å²) in [6.07, 6.45) is 2.67. The van der Waals surface area contributed by atoms with Crippen LogP contribution >= 0.6 is 11.8 Å². The van der Waals surface area contributed by atoms with E-state index in [0.29, 0.717) is 0 Å². The number of hydrazone groups is 1. The highest BCUT2D eigenvalue weighted by Crippen LogP contribution is 2.11. The van der Waals surface area contributed by atoms with E-state index in [1.165, 1.54) is 11.8 Å². The highest BCUT2D eigenvalue weighted by atomic mass is 32.2. The van der Waals surface area contributed by atoms with Crippen molar-refractivity contribution < 1.29 is 4.79 Å². The van der Waals surface area contributed by atoms with E-state index in [2.05, 4.69) is 16.7 Å². The Morgan fingerprint density at radius 1 is 2.00 bits per heavy atom. The summed E-state index contributed by atoms with van der Waals surface area (Å²) in [6, 6.07) is 0. The summed E-state index contributed by atoms with van der Waals surface area (Å²) < 4.78 is 0. The van der Waals surface area contributed by atoms with Crippen LogP contribution in [-0.4, -0.2) is 16.7 Å². The summed E-state index contributed by atoms with van der Waals surface area (Å²) in [5.74, 6) is 0. The second-order valence-corrected chi connectivity index (χ2v) is 2.71. The summed E-state index contributed by atoms with van der Waals surface area (Å²) in [4.78, 5) is 10.4. The van der Waals surface area contributed by atoms with Crippen LogP contribution in [0.2, 0.25) is 0 Å². The van der Waals surface area contributed by atoms with Crippen molar-refractivity contribution in [3.8, 4) is 0 Å². The van der Waals surface area contributed by atoms with Gasteiger partial charge in [0.2, 0.25) is 0 Å². The van der Waals surface area contributed by atoms with Crippen molar-refractivity contribution in [2.75, 3.05) is 0 Å². The molecular formula is C4H5N2OS. The molecule has 0 fully saturated rings. The second-order valence-electron chi connectivity index (χ2n) is 1.40. The minimum Gasteiger partial charge on any atom is -0.260 e. The molecule has 0 bridgehead atoms. The van der Waals surface area contributed by atoms with Crippen molar-refractivity contribution in [2.45, 2.75) is 12.2 Å². The fourth-order valence-corrected chi connectivity index (χ4v) is 0.907. The summed E-state index contributed by atoms with van der Waals surface area (Å²) in [6.45, 7) is 1.87. The fraction of sp³-hybridized carbons (Fsp3) is 0.500. The van der Waals surface area contributed by atoms with Gasteiger partial charge >= 0.3 is 0 Å². The number of thioether (sulfide) groups is 1. The van der Waals surface area contributed by atoms with Gasteiger partial charge in [0.1, 0.15) is 0 Å². The van der Waals surface area contributed by atoms with Crippen molar-refractivity contribution in [3.05, 3.63) is 0 Å². The van der Waals surface area contributed by atoms with E-state index in [0.717, 1.165) is 0 Å². The lowest BCUT2D eigenvalue weighted by atomic mass is 10.5. The molecule has 0 aromatic heterocycles. The molecule has 1 atom stereocenters. The second kappa shape index (κ2) is 2.17. The van der Waals surface area contributed by atoms with Gasteiger partial charge in [-0.1, -0.05) is 11.8 Å². The van der Waals surface area contributed by atoms with Crippen LogP contribution in [0.4, 0.5) is 4.79 Å².